The standard InChI is InChI=1S/C16H22ClN3O3/c1-15(2,3)23-14(21)18-10-12-22-13-7-11-20(19-13)16(17)8-5-4-6-9-16/h4-8,11H,9-10,12H2,1-3H3,(H,18,21). The topological polar surface area (TPSA) is 65.4 Å². The summed E-state index contributed by atoms with van der Waals surface area (Å²) in [4.78, 5) is 10.8. The van der Waals surface area contributed by atoms with Gasteiger partial charge in [0.25, 0.3) is 0 Å². The summed E-state index contributed by atoms with van der Waals surface area (Å²) in [6.07, 6.45) is 9.67. The number of carbonyl (C=O) groups is 1. The van der Waals surface area contributed by atoms with Crippen molar-refractivity contribution in [3.63, 3.8) is 0 Å². The maximum atomic E-state index is 11.5. The van der Waals surface area contributed by atoms with Crippen LogP contribution in [0.3, 0.4) is 0 Å². The Morgan fingerprint density at radius 1 is 1.48 bits per heavy atom. The average Bonchev–Trinajstić information content (AvgIpc) is 2.92. The molecule has 1 aromatic rings. The molecule has 0 aliphatic heterocycles. The molecule has 0 radical (unpaired) electrons. The van der Waals surface area contributed by atoms with Crippen LogP contribution in [-0.2, 0) is 9.73 Å². The fourth-order valence-electron chi connectivity index (χ4n) is 1.97. The van der Waals surface area contributed by atoms with Gasteiger partial charge in [0, 0.05) is 18.7 Å². The first-order valence-electron chi connectivity index (χ1n) is 7.48. The van der Waals surface area contributed by atoms with Crippen LogP contribution in [-0.4, -0.2) is 34.6 Å². The monoisotopic (exact) mass is 339 g/mol. The van der Waals surface area contributed by atoms with Crippen LogP contribution in [0, 0.1) is 0 Å². The molecule has 1 aromatic heterocycles. The molecule has 23 heavy (non-hydrogen) atoms. The van der Waals surface area contributed by atoms with Crippen LogP contribution in [0.1, 0.15) is 27.2 Å². The molecule has 0 spiro atoms. The first-order chi connectivity index (χ1) is 10.8. The number of hydrogen-bond donors (Lipinski definition) is 1. The Hall–Kier alpha value is -1.95. The summed E-state index contributed by atoms with van der Waals surface area (Å²) < 4.78 is 12.3. The lowest BCUT2D eigenvalue weighted by molar-refractivity contribution is 0.0520. The van der Waals surface area contributed by atoms with Gasteiger partial charge >= 0.3 is 6.09 Å². The van der Waals surface area contributed by atoms with E-state index in [1.807, 2.05) is 45.1 Å². The van der Waals surface area contributed by atoms with Gasteiger partial charge in [-0.2, -0.15) is 0 Å². The molecule has 0 bridgehead atoms. The van der Waals surface area contributed by atoms with E-state index in [2.05, 4.69) is 10.4 Å². The number of nitrogens with one attached hydrogen (secondary N) is 1. The summed E-state index contributed by atoms with van der Waals surface area (Å²) in [5.74, 6) is 0.457. The van der Waals surface area contributed by atoms with Gasteiger partial charge in [-0.25, -0.2) is 9.48 Å². The molecule has 0 saturated carbocycles. The number of alkyl carbamates (subject to hydrolysis) is 1. The minimum absolute atomic E-state index is 0.293. The van der Waals surface area contributed by atoms with E-state index >= 15 is 0 Å². The van der Waals surface area contributed by atoms with Crippen molar-refractivity contribution in [3.8, 4) is 5.88 Å². The van der Waals surface area contributed by atoms with E-state index < -0.39 is 16.7 Å². The predicted molar refractivity (Wildman–Crippen MR) is 88.7 cm³/mol. The number of aromatic nitrogens is 2. The SMILES string of the molecule is CC(C)(C)OC(=O)NCCOc1ccn(C2(Cl)C=CC=CC2)n1. The lowest BCUT2D eigenvalue weighted by Crippen LogP contribution is -2.34. The Balaban J connectivity index is 1.76. The number of hydrogen-bond acceptors (Lipinski definition) is 4. The molecule has 1 amide bonds. The second-order valence-corrected chi connectivity index (χ2v) is 6.84. The van der Waals surface area contributed by atoms with Crippen molar-refractivity contribution >= 4 is 17.7 Å². The summed E-state index contributed by atoms with van der Waals surface area (Å²) in [7, 11) is 0. The number of ether oxygens (including phenoxy) is 2. The van der Waals surface area contributed by atoms with Crippen molar-refractivity contribution < 1.29 is 14.3 Å². The Morgan fingerprint density at radius 3 is 2.91 bits per heavy atom. The third kappa shape index (κ3) is 5.32. The highest BCUT2D eigenvalue weighted by atomic mass is 35.5. The van der Waals surface area contributed by atoms with Gasteiger partial charge in [-0.05, 0) is 26.8 Å². The van der Waals surface area contributed by atoms with Crippen LogP contribution in [0.4, 0.5) is 4.79 Å². The van der Waals surface area contributed by atoms with E-state index in [0.717, 1.165) is 0 Å². The molecule has 0 fully saturated rings. The molecule has 2 rings (SSSR count). The lowest BCUT2D eigenvalue weighted by Gasteiger charge is -2.24. The second kappa shape index (κ2) is 7.08. The molecule has 1 aliphatic rings. The normalized spacial score (nSPS) is 20.3. The molecule has 1 heterocycles. The fraction of sp³-hybridized carbons (Fsp3) is 0.500. The van der Waals surface area contributed by atoms with E-state index in [1.54, 1.807) is 16.9 Å². The maximum Gasteiger partial charge on any atom is 0.407 e. The number of amides is 1. The zero-order chi connectivity index (χ0) is 16.9. The largest absolute Gasteiger partial charge is 0.475 e. The average molecular weight is 340 g/mol. The van der Waals surface area contributed by atoms with Gasteiger partial charge in [-0.15, -0.1) is 5.10 Å². The minimum atomic E-state index is -0.689. The van der Waals surface area contributed by atoms with Gasteiger partial charge < -0.3 is 14.8 Å². The van der Waals surface area contributed by atoms with Crippen LogP contribution in [0.25, 0.3) is 0 Å². The number of halogens is 1. The number of carbonyl (C=O) groups excluding carboxylic acids is 1. The second-order valence-electron chi connectivity index (χ2n) is 6.19. The smallest absolute Gasteiger partial charge is 0.407 e. The van der Waals surface area contributed by atoms with E-state index in [1.165, 1.54) is 0 Å². The van der Waals surface area contributed by atoms with Crippen LogP contribution < -0.4 is 10.1 Å². The molecule has 1 aliphatic carbocycles. The molecule has 0 saturated heterocycles. The Kier molecular flexibility index (Phi) is 5.36. The van der Waals surface area contributed by atoms with Gasteiger partial charge in [-0.3, -0.25) is 0 Å². The Morgan fingerprint density at radius 2 is 2.26 bits per heavy atom. The molecule has 6 nitrogen and oxygen atoms in total. The fourth-order valence-corrected chi connectivity index (χ4v) is 2.22. The zero-order valence-electron chi connectivity index (χ0n) is 13.6. The van der Waals surface area contributed by atoms with Crippen molar-refractivity contribution in [3.05, 3.63) is 36.6 Å². The summed E-state index contributed by atoms with van der Waals surface area (Å²) in [6, 6.07) is 1.74. The molecule has 1 N–H and O–H groups in total. The van der Waals surface area contributed by atoms with Crippen LogP contribution >= 0.6 is 11.6 Å². The minimum Gasteiger partial charge on any atom is -0.475 e. The molecular weight excluding hydrogens is 318 g/mol. The van der Waals surface area contributed by atoms with Crippen molar-refractivity contribution in [2.75, 3.05) is 13.2 Å². The first-order valence-corrected chi connectivity index (χ1v) is 7.85. The van der Waals surface area contributed by atoms with E-state index in [0.29, 0.717) is 25.5 Å². The van der Waals surface area contributed by atoms with Crippen LogP contribution in [0.2, 0.25) is 0 Å². The number of nitrogens with zero attached hydrogens (tertiary/aromatic N) is 2. The summed E-state index contributed by atoms with van der Waals surface area (Å²) in [6.45, 7) is 6.06. The van der Waals surface area contributed by atoms with Gasteiger partial charge in [0.2, 0.25) is 5.88 Å². The molecule has 1 unspecified atom stereocenters. The van der Waals surface area contributed by atoms with E-state index in [4.69, 9.17) is 21.1 Å². The van der Waals surface area contributed by atoms with Crippen LogP contribution in [0.5, 0.6) is 5.88 Å². The highest BCUT2D eigenvalue weighted by Gasteiger charge is 2.27. The quantitative estimate of drug-likeness (QED) is 0.661. The number of alkyl halides is 1. The van der Waals surface area contributed by atoms with Crippen molar-refractivity contribution in [2.24, 2.45) is 0 Å². The van der Waals surface area contributed by atoms with E-state index in [-0.39, 0.29) is 0 Å². The van der Waals surface area contributed by atoms with Gasteiger partial charge in [-0.1, -0.05) is 29.8 Å². The van der Waals surface area contributed by atoms with Crippen molar-refractivity contribution in [2.45, 2.75) is 37.8 Å². The highest BCUT2D eigenvalue weighted by molar-refractivity contribution is 6.23. The van der Waals surface area contributed by atoms with Crippen molar-refractivity contribution in [1.82, 2.24) is 15.1 Å². The predicted octanol–water partition coefficient (Wildman–Crippen LogP) is 3.19. The van der Waals surface area contributed by atoms with Crippen LogP contribution in [0.15, 0.2) is 36.6 Å². The Bertz CT molecular complexity index is 604. The number of rotatable bonds is 5. The molecule has 0 aromatic carbocycles. The third-order valence-corrected chi connectivity index (χ3v) is 3.42. The summed E-state index contributed by atoms with van der Waals surface area (Å²) >= 11 is 6.51. The number of allylic oxidation sites excluding steroid dienone is 4. The summed E-state index contributed by atoms with van der Waals surface area (Å²) in [5, 5.41) is 6.94. The maximum absolute atomic E-state index is 11.5. The summed E-state index contributed by atoms with van der Waals surface area (Å²) in [5.41, 5.74) is -0.514. The molecule has 126 valence electrons. The third-order valence-electron chi connectivity index (χ3n) is 2.97. The van der Waals surface area contributed by atoms with Crippen molar-refractivity contribution in [1.29, 1.82) is 0 Å². The van der Waals surface area contributed by atoms with E-state index in [9.17, 15) is 4.79 Å². The molecule has 7 heteroatoms. The van der Waals surface area contributed by atoms with Gasteiger partial charge in [0.05, 0.1) is 6.54 Å². The highest BCUT2D eigenvalue weighted by Crippen LogP contribution is 2.31. The lowest BCUT2D eigenvalue weighted by atomic mass is 10.1. The molecular formula is C16H22ClN3O3. The van der Waals surface area contributed by atoms with Gasteiger partial charge in [0.1, 0.15) is 12.2 Å². The zero-order valence-corrected chi connectivity index (χ0v) is 14.3. The molecule has 1 atom stereocenters. The first kappa shape index (κ1) is 17.4. The van der Waals surface area contributed by atoms with Gasteiger partial charge in [0.15, 0.2) is 5.00 Å². The Labute approximate surface area is 141 Å².